The Bertz CT molecular complexity index is 381. The van der Waals surface area contributed by atoms with Crippen molar-refractivity contribution in [1.82, 2.24) is 5.32 Å². The second kappa shape index (κ2) is 7.09. The van der Waals surface area contributed by atoms with E-state index in [-0.39, 0.29) is 0 Å². The van der Waals surface area contributed by atoms with Gasteiger partial charge in [-0.25, -0.2) is 0 Å². The van der Waals surface area contributed by atoms with Crippen LogP contribution in [0.25, 0.3) is 0 Å². The molecule has 17 heavy (non-hydrogen) atoms. The molecule has 0 aliphatic rings. The Morgan fingerprint density at radius 3 is 2.59 bits per heavy atom. The van der Waals surface area contributed by atoms with Gasteiger partial charge >= 0.3 is 0 Å². The summed E-state index contributed by atoms with van der Waals surface area (Å²) in [7, 11) is 0. The lowest BCUT2D eigenvalue weighted by Gasteiger charge is -2.10. The largest absolute Gasteiger partial charge is 0.320 e. The molecule has 3 N–H and O–H groups in total. The lowest BCUT2D eigenvalue weighted by molar-refractivity contribution is -0.121. The summed E-state index contributed by atoms with van der Waals surface area (Å²) in [5, 5.41) is 2.29. The molecule has 1 atom stereocenters. The molecule has 0 radical (unpaired) electrons. The van der Waals surface area contributed by atoms with Gasteiger partial charge in [0.25, 0.3) is 5.91 Å². The fourth-order valence-corrected chi connectivity index (χ4v) is 1.73. The Morgan fingerprint density at radius 2 is 2.00 bits per heavy atom. The van der Waals surface area contributed by atoms with Crippen LogP contribution in [0.15, 0.2) is 30.3 Å². The van der Waals surface area contributed by atoms with Gasteiger partial charge in [0.1, 0.15) is 0 Å². The number of carbonyl (C=O) groups excluding carboxylic acids is 2. The quantitative estimate of drug-likeness (QED) is 0.821. The molecule has 0 spiro atoms. The third-order valence-corrected chi connectivity index (χ3v) is 2.89. The summed E-state index contributed by atoms with van der Waals surface area (Å²) in [6.45, 7) is 0. The number of nitrogens with two attached hydrogens (primary N) is 1. The number of thioether (sulfide) groups is 1. The predicted octanol–water partition coefficient (Wildman–Crippen LogP) is 1.02. The first-order chi connectivity index (χ1) is 8.15. The SMILES string of the molecule is CSCC[C@H](N)C(=O)NC(=O)c1ccccc1. The van der Waals surface area contributed by atoms with Crippen LogP contribution in [0.4, 0.5) is 0 Å². The van der Waals surface area contributed by atoms with E-state index < -0.39 is 17.9 Å². The molecule has 0 fully saturated rings. The first-order valence-electron chi connectivity index (χ1n) is 5.30. The second-order valence-corrected chi connectivity index (χ2v) is 4.56. The van der Waals surface area contributed by atoms with Gasteiger partial charge in [-0.3, -0.25) is 14.9 Å². The molecule has 1 aromatic carbocycles. The minimum absolute atomic E-state index is 0.407. The highest BCUT2D eigenvalue weighted by Gasteiger charge is 2.16. The van der Waals surface area contributed by atoms with Crippen molar-refractivity contribution in [2.75, 3.05) is 12.0 Å². The molecule has 92 valence electrons. The molecule has 0 saturated carbocycles. The van der Waals surface area contributed by atoms with E-state index in [1.165, 1.54) is 0 Å². The third-order valence-electron chi connectivity index (χ3n) is 2.24. The average Bonchev–Trinajstić information content (AvgIpc) is 2.36. The fourth-order valence-electron chi connectivity index (χ4n) is 1.24. The van der Waals surface area contributed by atoms with Gasteiger partial charge in [0, 0.05) is 5.56 Å². The van der Waals surface area contributed by atoms with Crippen LogP contribution >= 0.6 is 11.8 Å². The molecular formula is C12H16N2O2S. The third kappa shape index (κ3) is 4.58. The Hall–Kier alpha value is -1.33. The summed E-state index contributed by atoms with van der Waals surface area (Å²) < 4.78 is 0. The molecule has 1 rings (SSSR count). The number of amides is 2. The van der Waals surface area contributed by atoms with Crippen molar-refractivity contribution in [1.29, 1.82) is 0 Å². The highest BCUT2D eigenvalue weighted by Crippen LogP contribution is 2.01. The minimum Gasteiger partial charge on any atom is -0.320 e. The summed E-state index contributed by atoms with van der Waals surface area (Å²) in [5.74, 6) is -0.0307. The van der Waals surface area contributed by atoms with Gasteiger partial charge in [-0.15, -0.1) is 0 Å². The number of imide groups is 1. The maximum atomic E-state index is 11.6. The second-order valence-electron chi connectivity index (χ2n) is 3.57. The van der Waals surface area contributed by atoms with Crippen LogP contribution in [-0.4, -0.2) is 29.9 Å². The van der Waals surface area contributed by atoms with E-state index >= 15 is 0 Å². The summed E-state index contributed by atoms with van der Waals surface area (Å²) in [4.78, 5) is 23.2. The molecule has 4 nitrogen and oxygen atoms in total. The van der Waals surface area contributed by atoms with E-state index in [4.69, 9.17) is 5.73 Å². The number of carbonyl (C=O) groups is 2. The standard InChI is InChI=1S/C12H16N2O2S/c1-17-8-7-10(13)12(16)14-11(15)9-5-3-2-4-6-9/h2-6,10H,7-8,13H2,1H3,(H,14,15,16)/t10-/m0/s1. The Kier molecular flexibility index (Phi) is 5.72. The van der Waals surface area contributed by atoms with Crippen molar-refractivity contribution < 1.29 is 9.59 Å². The van der Waals surface area contributed by atoms with Gasteiger partial charge in [-0.1, -0.05) is 18.2 Å². The van der Waals surface area contributed by atoms with E-state index in [0.717, 1.165) is 5.75 Å². The molecule has 5 heteroatoms. The predicted molar refractivity (Wildman–Crippen MR) is 69.9 cm³/mol. The van der Waals surface area contributed by atoms with Crippen LogP contribution in [0.1, 0.15) is 16.8 Å². The van der Waals surface area contributed by atoms with Crippen LogP contribution in [0.2, 0.25) is 0 Å². The van der Waals surface area contributed by atoms with Crippen LogP contribution in [0.3, 0.4) is 0 Å². The molecule has 2 amide bonds. The first-order valence-corrected chi connectivity index (χ1v) is 6.69. The van der Waals surface area contributed by atoms with Crippen molar-refractivity contribution in [3.05, 3.63) is 35.9 Å². The molecule has 0 unspecified atom stereocenters. The van der Waals surface area contributed by atoms with E-state index in [2.05, 4.69) is 5.32 Å². The summed E-state index contributed by atoms with van der Waals surface area (Å²) >= 11 is 1.62. The lowest BCUT2D eigenvalue weighted by Crippen LogP contribution is -2.43. The minimum atomic E-state index is -0.630. The first kappa shape index (κ1) is 13.7. The highest BCUT2D eigenvalue weighted by molar-refractivity contribution is 7.98. The molecule has 1 aromatic rings. The Labute approximate surface area is 105 Å². The van der Waals surface area contributed by atoms with E-state index in [1.807, 2.05) is 12.3 Å². The van der Waals surface area contributed by atoms with Crippen molar-refractivity contribution in [3.63, 3.8) is 0 Å². The van der Waals surface area contributed by atoms with Gasteiger partial charge in [0.2, 0.25) is 5.91 Å². The lowest BCUT2D eigenvalue weighted by atomic mass is 10.2. The number of nitrogens with one attached hydrogen (secondary N) is 1. The van der Waals surface area contributed by atoms with Gasteiger partial charge in [-0.2, -0.15) is 11.8 Å². The molecule has 0 saturated heterocycles. The van der Waals surface area contributed by atoms with Gasteiger partial charge in [0.05, 0.1) is 6.04 Å². The maximum absolute atomic E-state index is 11.6. The van der Waals surface area contributed by atoms with E-state index in [1.54, 1.807) is 36.0 Å². The molecular weight excluding hydrogens is 236 g/mol. The zero-order valence-corrected chi connectivity index (χ0v) is 10.5. The van der Waals surface area contributed by atoms with E-state index in [0.29, 0.717) is 12.0 Å². The highest BCUT2D eigenvalue weighted by atomic mass is 32.2. The summed E-state index contributed by atoms with van der Waals surface area (Å²) in [5.41, 5.74) is 6.11. The molecule has 0 aliphatic carbocycles. The molecule has 0 bridgehead atoms. The molecule has 0 heterocycles. The van der Waals surface area contributed by atoms with Crippen molar-refractivity contribution in [3.8, 4) is 0 Å². The number of hydrogen-bond donors (Lipinski definition) is 2. The van der Waals surface area contributed by atoms with Crippen molar-refractivity contribution in [2.24, 2.45) is 5.73 Å². The number of hydrogen-bond acceptors (Lipinski definition) is 4. The van der Waals surface area contributed by atoms with Gasteiger partial charge in [-0.05, 0) is 30.6 Å². The normalized spacial score (nSPS) is 11.9. The Morgan fingerprint density at radius 1 is 1.35 bits per heavy atom. The van der Waals surface area contributed by atoms with Crippen LogP contribution < -0.4 is 11.1 Å². The van der Waals surface area contributed by atoms with Crippen LogP contribution in [0, 0.1) is 0 Å². The zero-order valence-electron chi connectivity index (χ0n) is 9.68. The number of rotatable bonds is 5. The summed E-state index contributed by atoms with van der Waals surface area (Å²) in [6.07, 6.45) is 2.51. The molecule has 0 aliphatic heterocycles. The topological polar surface area (TPSA) is 72.2 Å². The smallest absolute Gasteiger partial charge is 0.257 e. The number of benzene rings is 1. The molecule has 0 aromatic heterocycles. The summed E-state index contributed by atoms with van der Waals surface area (Å²) in [6, 6.07) is 7.96. The fraction of sp³-hybridized carbons (Fsp3) is 0.333. The average molecular weight is 252 g/mol. The van der Waals surface area contributed by atoms with Crippen molar-refractivity contribution >= 4 is 23.6 Å². The monoisotopic (exact) mass is 252 g/mol. The van der Waals surface area contributed by atoms with Crippen LogP contribution in [0.5, 0.6) is 0 Å². The zero-order chi connectivity index (χ0) is 12.7. The van der Waals surface area contributed by atoms with Gasteiger partial charge in [0.15, 0.2) is 0 Å². The van der Waals surface area contributed by atoms with Gasteiger partial charge < -0.3 is 5.73 Å². The Balaban J connectivity index is 2.49. The van der Waals surface area contributed by atoms with Crippen LogP contribution in [-0.2, 0) is 4.79 Å². The van der Waals surface area contributed by atoms with E-state index in [9.17, 15) is 9.59 Å². The maximum Gasteiger partial charge on any atom is 0.257 e. The van der Waals surface area contributed by atoms with Crippen molar-refractivity contribution in [2.45, 2.75) is 12.5 Å².